The number of para-hydroxylation sites is 2. The van der Waals surface area contributed by atoms with E-state index >= 15 is 0 Å². The van der Waals surface area contributed by atoms with Crippen molar-refractivity contribution < 1.29 is 0 Å². The zero-order valence-corrected chi connectivity index (χ0v) is 11.4. The van der Waals surface area contributed by atoms with Gasteiger partial charge in [0.1, 0.15) is 0 Å². The van der Waals surface area contributed by atoms with E-state index in [-0.39, 0.29) is 0 Å². The minimum Gasteiger partial charge on any atom is -0.248 e. The summed E-state index contributed by atoms with van der Waals surface area (Å²) in [7, 11) is 0. The molecule has 3 aromatic rings. The van der Waals surface area contributed by atoms with Crippen LogP contribution in [-0.2, 0) is 6.42 Å². The molecule has 0 saturated carbocycles. The van der Waals surface area contributed by atoms with E-state index in [1.165, 1.54) is 41.1 Å². The fraction of sp³-hybridized carbons (Fsp3) is 0.278. The van der Waals surface area contributed by atoms with E-state index in [9.17, 15) is 0 Å². The van der Waals surface area contributed by atoms with Gasteiger partial charge in [0.25, 0.3) is 0 Å². The summed E-state index contributed by atoms with van der Waals surface area (Å²) < 4.78 is 0. The first-order valence-corrected chi connectivity index (χ1v) is 7.16. The van der Waals surface area contributed by atoms with Crippen LogP contribution in [0.4, 0.5) is 0 Å². The van der Waals surface area contributed by atoms with Crippen molar-refractivity contribution >= 4 is 21.8 Å². The molecule has 0 bridgehead atoms. The molecule has 1 nitrogen and oxygen atoms in total. The fourth-order valence-electron chi connectivity index (χ4n) is 2.63. The molecule has 0 atom stereocenters. The van der Waals surface area contributed by atoms with E-state index in [2.05, 4.69) is 55.5 Å². The van der Waals surface area contributed by atoms with Crippen molar-refractivity contribution in [3.05, 3.63) is 54.1 Å². The molecule has 0 amide bonds. The van der Waals surface area contributed by atoms with Gasteiger partial charge in [0.15, 0.2) is 0 Å². The Balaban J connectivity index is 2.09. The normalized spacial score (nSPS) is 11.2. The van der Waals surface area contributed by atoms with E-state index < -0.39 is 0 Å². The van der Waals surface area contributed by atoms with Crippen LogP contribution in [0.5, 0.6) is 0 Å². The summed E-state index contributed by atoms with van der Waals surface area (Å²) in [4.78, 5) is 4.86. The predicted octanol–water partition coefficient (Wildman–Crippen LogP) is 5.12. The maximum absolute atomic E-state index is 4.86. The first-order valence-electron chi connectivity index (χ1n) is 7.16. The van der Waals surface area contributed by atoms with Crippen LogP contribution in [0.25, 0.3) is 21.8 Å². The number of pyridine rings is 1. The van der Waals surface area contributed by atoms with Crippen molar-refractivity contribution in [2.75, 3.05) is 0 Å². The SMILES string of the molecule is CCCCCc1cccc2cc3ccccc3nc12. The largest absolute Gasteiger partial charge is 0.248 e. The standard InChI is InChI=1S/C18H19N/c1-2-3-4-8-14-10-7-11-16-13-15-9-5-6-12-17(15)19-18(14)16/h5-7,9-13H,2-4,8H2,1H3. The van der Waals surface area contributed by atoms with Gasteiger partial charge in [-0.05, 0) is 30.5 Å². The first-order chi connectivity index (χ1) is 9.38. The van der Waals surface area contributed by atoms with Crippen molar-refractivity contribution in [1.29, 1.82) is 0 Å². The second kappa shape index (κ2) is 5.40. The lowest BCUT2D eigenvalue weighted by atomic mass is 10.0. The molecule has 1 heteroatoms. The lowest BCUT2D eigenvalue weighted by Gasteiger charge is -2.07. The van der Waals surface area contributed by atoms with Gasteiger partial charge in [0.05, 0.1) is 11.0 Å². The van der Waals surface area contributed by atoms with E-state index in [1.807, 2.05) is 0 Å². The van der Waals surface area contributed by atoms with Gasteiger partial charge in [-0.25, -0.2) is 4.98 Å². The number of hydrogen-bond donors (Lipinski definition) is 0. The van der Waals surface area contributed by atoms with Gasteiger partial charge in [0, 0.05) is 10.8 Å². The van der Waals surface area contributed by atoms with E-state index in [0.29, 0.717) is 0 Å². The molecule has 96 valence electrons. The molecule has 0 fully saturated rings. The van der Waals surface area contributed by atoms with Crippen LogP contribution in [0.1, 0.15) is 31.7 Å². The predicted molar refractivity (Wildman–Crippen MR) is 82.5 cm³/mol. The zero-order chi connectivity index (χ0) is 13.1. The lowest BCUT2D eigenvalue weighted by molar-refractivity contribution is 0.719. The number of fused-ring (bicyclic) bond motifs is 2. The highest BCUT2D eigenvalue weighted by molar-refractivity contribution is 5.93. The topological polar surface area (TPSA) is 12.9 Å². The highest BCUT2D eigenvalue weighted by atomic mass is 14.7. The number of hydrogen-bond acceptors (Lipinski definition) is 1. The minimum absolute atomic E-state index is 1.10. The van der Waals surface area contributed by atoms with Crippen molar-refractivity contribution in [2.45, 2.75) is 32.6 Å². The molecule has 0 aliphatic carbocycles. The van der Waals surface area contributed by atoms with Crippen LogP contribution in [0.2, 0.25) is 0 Å². The smallest absolute Gasteiger partial charge is 0.0741 e. The van der Waals surface area contributed by atoms with Gasteiger partial charge in [-0.2, -0.15) is 0 Å². The maximum Gasteiger partial charge on any atom is 0.0741 e. The Bertz CT molecular complexity index is 700. The molecule has 19 heavy (non-hydrogen) atoms. The second-order valence-corrected chi connectivity index (χ2v) is 5.13. The Morgan fingerprint density at radius 2 is 1.74 bits per heavy atom. The van der Waals surface area contributed by atoms with Crippen LogP contribution in [0.3, 0.4) is 0 Å². The molecular formula is C18H19N. The lowest BCUT2D eigenvalue weighted by Crippen LogP contribution is -1.91. The number of aryl methyl sites for hydroxylation is 1. The number of unbranched alkanes of at least 4 members (excludes halogenated alkanes) is 2. The summed E-state index contributed by atoms with van der Waals surface area (Å²) in [6.45, 7) is 2.24. The Kier molecular flexibility index (Phi) is 3.45. The molecule has 2 aromatic carbocycles. The summed E-state index contributed by atoms with van der Waals surface area (Å²) in [5.74, 6) is 0. The van der Waals surface area contributed by atoms with E-state index in [0.717, 1.165) is 11.9 Å². The molecule has 0 aliphatic heterocycles. The van der Waals surface area contributed by atoms with E-state index in [1.54, 1.807) is 0 Å². The molecule has 0 radical (unpaired) electrons. The van der Waals surface area contributed by atoms with Crippen LogP contribution in [0, 0.1) is 0 Å². The van der Waals surface area contributed by atoms with Gasteiger partial charge in [-0.15, -0.1) is 0 Å². The Morgan fingerprint density at radius 3 is 2.63 bits per heavy atom. The molecule has 3 rings (SSSR count). The third kappa shape index (κ3) is 2.46. The molecule has 0 aliphatic rings. The summed E-state index contributed by atoms with van der Waals surface area (Å²) in [6, 6.07) is 17.1. The first kappa shape index (κ1) is 12.2. The van der Waals surface area contributed by atoms with Crippen LogP contribution < -0.4 is 0 Å². The molecule has 0 saturated heterocycles. The average Bonchev–Trinajstić information content (AvgIpc) is 2.46. The number of benzene rings is 2. The van der Waals surface area contributed by atoms with Crippen LogP contribution in [-0.4, -0.2) is 4.98 Å². The van der Waals surface area contributed by atoms with Gasteiger partial charge >= 0.3 is 0 Å². The molecule has 1 aromatic heterocycles. The summed E-state index contributed by atoms with van der Waals surface area (Å²) in [5, 5.41) is 2.48. The molecule has 0 spiro atoms. The fourth-order valence-corrected chi connectivity index (χ4v) is 2.63. The molecule has 0 unspecified atom stereocenters. The third-order valence-corrected chi connectivity index (χ3v) is 3.68. The van der Waals surface area contributed by atoms with Gasteiger partial charge < -0.3 is 0 Å². The van der Waals surface area contributed by atoms with Gasteiger partial charge in [0.2, 0.25) is 0 Å². The highest BCUT2D eigenvalue weighted by Gasteiger charge is 2.04. The molecule has 0 N–H and O–H groups in total. The summed E-state index contributed by atoms with van der Waals surface area (Å²) in [5.41, 5.74) is 3.66. The van der Waals surface area contributed by atoms with E-state index in [4.69, 9.17) is 4.98 Å². The summed E-state index contributed by atoms with van der Waals surface area (Å²) >= 11 is 0. The van der Waals surface area contributed by atoms with Crippen LogP contribution in [0.15, 0.2) is 48.5 Å². The number of aromatic nitrogens is 1. The van der Waals surface area contributed by atoms with Crippen molar-refractivity contribution in [1.82, 2.24) is 4.98 Å². The number of rotatable bonds is 4. The average molecular weight is 249 g/mol. The summed E-state index contributed by atoms with van der Waals surface area (Å²) in [6.07, 6.45) is 4.95. The quantitative estimate of drug-likeness (QED) is 0.462. The van der Waals surface area contributed by atoms with Gasteiger partial charge in [-0.3, -0.25) is 0 Å². The van der Waals surface area contributed by atoms with Crippen LogP contribution >= 0.6 is 0 Å². The van der Waals surface area contributed by atoms with Crippen molar-refractivity contribution in [3.63, 3.8) is 0 Å². The zero-order valence-electron chi connectivity index (χ0n) is 11.4. The van der Waals surface area contributed by atoms with Crippen molar-refractivity contribution in [3.8, 4) is 0 Å². The minimum atomic E-state index is 1.10. The third-order valence-electron chi connectivity index (χ3n) is 3.68. The number of nitrogens with zero attached hydrogens (tertiary/aromatic N) is 1. The Morgan fingerprint density at radius 1 is 0.895 bits per heavy atom. The molecule has 1 heterocycles. The van der Waals surface area contributed by atoms with Crippen molar-refractivity contribution in [2.24, 2.45) is 0 Å². The Labute approximate surface area is 114 Å². The van der Waals surface area contributed by atoms with Gasteiger partial charge in [-0.1, -0.05) is 56.2 Å². The molecular weight excluding hydrogens is 230 g/mol. The Hall–Kier alpha value is -1.89. The maximum atomic E-state index is 4.86. The monoisotopic (exact) mass is 249 g/mol. The second-order valence-electron chi connectivity index (χ2n) is 5.13. The highest BCUT2D eigenvalue weighted by Crippen LogP contribution is 2.23.